The standard InChI is InChI=1S/C10H11NO3S.C2H6/c1-7(12)6-15-9-5-8(3-4-11-9)10(13)14-2;1-2/h3-5H,6H2,1-2H3;1-2H3. The van der Waals surface area contributed by atoms with Crippen LogP contribution >= 0.6 is 11.8 Å². The molecule has 0 aromatic carbocycles. The summed E-state index contributed by atoms with van der Waals surface area (Å²) >= 11 is 1.30. The van der Waals surface area contributed by atoms with Gasteiger partial charge in [0, 0.05) is 6.20 Å². The van der Waals surface area contributed by atoms with Gasteiger partial charge in [-0.05, 0) is 19.1 Å². The Kier molecular flexibility index (Phi) is 8.05. The largest absolute Gasteiger partial charge is 0.465 e. The molecule has 5 heteroatoms. The Bertz CT molecular complexity index is 380. The number of ketones is 1. The van der Waals surface area contributed by atoms with Crippen LogP contribution < -0.4 is 0 Å². The molecule has 0 atom stereocenters. The summed E-state index contributed by atoms with van der Waals surface area (Å²) in [6.07, 6.45) is 1.52. The summed E-state index contributed by atoms with van der Waals surface area (Å²) in [5.41, 5.74) is 0.443. The van der Waals surface area contributed by atoms with Crippen LogP contribution in [0.4, 0.5) is 0 Å². The van der Waals surface area contributed by atoms with Gasteiger partial charge in [-0.15, -0.1) is 0 Å². The molecular weight excluding hydrogens is 238 g/mol. The lowest BCUT2D eigenvalue weighted by Crippen LogP contribution is -2.02. The zero-order chi connectivity index (χ0) is 13.3. The van der Waals surface area contributed by atoms with Gasteiger partial charge in [-0.25, -0.2) is 9.78 Å². The molecule has 0 radical (unpaired) electrons. The molecule has 17 heavy (non-hydrogen) atoms. The molecule has 0 spiro atoms. The van der Waals surface area contributed by atoms with E-state index in [2.05, 4.69) is 9.72 Å². The molecule has 1 aromatic rings. The van der Waals surface area contributed by atoms with Gasteiger partial charge in [0.2, 0.25) is 0 Å². The molecule has 0 bridgehead atoms. The summed E-state index contributed by atoms with van der Waals surface area (Å²) in [6.45, 7) is 5.51. The number of carbonyl (C=O) groups is 2. The number of pyridine rings is 1. The third kappa shape index (κ3) is 6.06. The molecule has 0 saturated carbocycles. The van der Waals surface area contributed by atoms with Gasteiger partial charge in [-0.1, -0.05) is 25.6 Å². The maximum atomic E-state index is 11.2. The summed E-state index contributed by atoms with van der Waals surface area (Å²) < 4.78 is 4.57. The minimum atomic E-state index is -0.401. The van der Waals surface area contributed by atoms with Gasteiger partial charge in [0.1, 0.15) is 5.78 Å². The number of rotatable bonds is 4. The monoisotopic (exact) mass is 255 g/mol. The third-order valence-corrected chi connectivity index (χ3v) is 2.65. The quantitative estimate of drug-likeness (QED) is 0.611. The first kappa shape index (κ1) is 15.6. The maximum absolute atomic E-state index is 11.2. The lowest BCUT2D eigenvalue weighted by atomic mass is 10.3. The van der Waals surface area contributed by atoms with E-state index in [-0.39, 0.29) is 5.78 Å². The predicted molar refractivity (Wildman–Crippen MR) is 68.3 cm³/mol. The van der Waals surface area contributed by atoms with E-state index in [1.807, 2.05) is 13.8 Å². The first-order valence-electron chi connectivity index (χ1n) is 5.30. The molecule has 0 aliphatic carbocycles. The van der Waals surface area contributed by atoms with E-state index in [0.717, 1.165) is 0 Å². The number of nitrogens with zero attached hydrogens (tertiary/aromatic N) is 1. The highest BCUT2D eigenvalue weighted by Gasteiger charge is 2.07. The Balaban J connectivity index is 0.00000121. The number of thioether (sulfide) groups is 1. The van der Waals surface area contributed by atoms with Gasteiger partial charge in [-0.2, -0.15) is 0 Å². The zero-order valence-corrected chi connectivity index (χ0v) is 11.3. The lowest BCUT2D eigenvalue weighted by molar-refractivity contribution is -0.114. The minimum absolute atomic E-state index is 0.0743. The van der Waals surface area contributed by atoms with Crippen LogP contribution in [0.5, 0.6) is 0 Å². The Morgan fingerprint density at radius 1 is 1.41 bits per heavy atom. The molecule has 4 nitrogen and oxygen atoms in total. The second-order valence-corrected chi connectivity index (χ2v) is 3.86. The Labute approximate surface area is 106 Å². The van der Waals surface area contributed by atoms with Crippen molar-refractivity contribution in [2.75, 3.05) is 12.9 Å². The lowest BCUT2D eigenvalue weighted by Gasteiger charge is -2.01. The molecule has 94 valence electrons. The van der Waals surface area contributed by atoms with E-state index >= 15 is 0 Å². The molecule has 0 unspecified atom stereocenters. The van der Waals surface area contributed by atoms with Crippen molar-refractivity contribution >= 4 is 23.5 Å². The molecule has 0 saturated heterocycles. The summed E-state index contributed by atoms with van der Waals surface area (Å²) in [5, 5.41) is 0.646. The SMILES string of the molecule is CC.COC(=O)c1ccnc(SCC(C)=O)c1. The van der Waals surface area contributed by atoms with Gasteiger partial charge < -0.3 is 4.74 Å². The van der Waals surface area contributed by atoms with Crippen molar-refractivity contribution in [3.8, 4) is 0 Å². The normalized spacial score (nSPS) is 8.94. The second kappa shape index (κ2) is 8.75. The zero-order valence-electron chi connectivity index (χ0n) is 10.5. The van der Waals surface area contributed by atoms with Crippen molar-refractivity contribution in [1.29, 1.82) is 0 Å². The van der Waals surface area contributed by atoms with Gasteiger partial charge in [0.25, 0.3) is 0 Å². The van der Waals surface area contributed by atoms with E-state index in [4.69, 9.17) is 0 Å². The number of hydrogen-bond acceptors (Lipinski definition) is 5. The Hall–Kier alpha value is -1.36. The number of Topliss-reactive ketones (excluding diaryl/α,β-unsaturated/α-hetero) is 1. The third-order valence-electron chi connectivity index (χ3n) is 1.58. The number of ether oxygens (including phenoxy) is 1. The molecule has 0 N–H and O–H groups in total. The fraction of sp³-hybridized carbons (Fsp3) is 0.417. The van der Waals surface area contributed by atoms with E-state index < -0.39 is 5.97 Å². The van der Waals surface area contributed by atoms with Crippen molar-refractivity contribution in [2.45, 2.75) is 25.8 Å². The molecule has 0 aliphatic rings. The van der Waals surface area contributed by atoms with Crippen molar-refractivity contribution in [3.63, 3.8) is 0 Å². The molecular formula is C12H17NO3S. The van der Waals surface area contributed by atoms with Crippen LogP contribution in [0.25, 0.3) is 0 Å². The van der Waals surface area contributed by atoms with E-state index in [9.17, 15) is 9.59 Å². The van der Waals surface area contributed by atoms with Crippen LogP contribution in [0.2, 0.25) is 0 Å². The number of esters is 1. The highest BCUT2D eigenvalue weighted by Crippen LogP contribution is 2.16. The first-order chi connectivity index (χ1) is 8.13. The number of methoxy groups -OCH3 is 1. The van der Waals surface area contributed by atoms with Gasteiger partial charge in [0.15, 0.2) is 0 Å². The van der Waals surface area contributed by atoms with E-state index in [1.54, 1.807) is 12.1 Å². The van der Waals surface area contributed by atoms with E-state index in [0.29, 0.717) is 16.3 Å². The van der Waals surface area contributed by atoms with Crippen LogP contribution in [-0.4, -0.2) is 29.6 Å². The number of carbonyl (C=O) groups excluding carboxylic acids is 2. The van der Waals surface area contributed by atoms with Gasteiger partial charge >= 0.3 is 5.97 Å². The highest BCUT2D eigenvalue weighted by atomic mass is 32.2. The van der Waals surface area contributed by atoms with Crippen molar-refractivity contribution in [3.05, 3.63) is 23.9 Å². The van der Waals surface area contributed by atoms with Gasteiger partial charge in [0.05, 0.1) is 23.5 Å². The summed E-state index contributed by atoms with van der Waals surface area (Å²) in [6, 6.07) is 3.18. The topological polar surface area (TPSA) is 56.3 Å². The Morgan fingerprint density at radius 2 is 2.06 bits per heavy atom. The fourth-order valence-electron chi connectivity index (χ4n) is 0.909. The molecule has 1 rings (SSSR count). The average Bonchev–Trinajstić information content (AvgIpc) is 2.38. The summed E-state index contributed by atoms with van der Waals surface area (Å²) in [4.78, 5) is 26.0. The molecule has 0 fully saturated rings. The van der Waals surface area contributed by atoms with Crippen molar-refractivity contribution < 1.29 is 14.3 Å². The van der Waals surface area contributed by atoms with Crippen LogP contribution in [0.15, 0.2) is 23.4 Å². The van der Waals surface area contributed by atoms with Crippen LogP contribution in [0, 0.1) is 0 Å². The molecule has 0 amide bonds. The number of aromatic nitrogens is 1. The predicted octanol–water partition coefficient (Wildman–Crippen LogP) is 2.58. The highest BCUT2D eigenvalue weighted by molar-refractivity contribution is 7.99. The second-order valence-electron chi connectivity index (χ2n) is 2.87. The van der Waals surface area contributed by atoms with Crippen LogP contribution in [-0.2, 0) is 9.53 Å². The van der Waals surface area contributed by atoms with Gasteiger partial charge in [-0.3, -0.25) is 4.79 Å². The Morgan fingerprint density at radius 3 is 2.59 bits per heavy atom. The number of hydrogen-bond donors (Lipinski definition) is 0. The molecule has 0 aliphatic heterocycles. The maximum Gasteiger partial charge on any atom is 0.337 e. The molecule has 1 heterocycles. The first-order valence-corrected chi connectivity index (χ1v) is 6.28. The summed E-state index contributed by atoms with van der Waals surface area (Å²) in [7, 11) is 1.32. The molecule has 1 aromatic heterocycles. The van der Waals surface area contributed by atoms with Crippen molar-refractivity contribution in [1.82, 2.24) is 4.98 Å². The van der Waals surface area contributed by atoms with Crippen LogP contribution in [0.3, 0.4) is 0 Å². The van der Waals surface area contributed by atoms with E-state index in [1.165, 1.54) is 32.0 Å². The van der Waals surface area contributed by atoms with Crippen LogP contribution in [0.1, 0.15) is 31.1 Å². The van der Waals surface area contributed by atoms with Crippen molar-refractivity contribution in [2.24, 2.45) is 0 Å². The summed E-state index contributed by atoms with van der Waals surface area (Å²) in [5.74, 6) is 0.0322. The minimum Gasteiger partial charge on any atom is -0.465 e. The smallest absolute Gasteiger partial charge is 0.337 e. The average molecular weight is 255 g/mol. The fourth-order valence-corrected chi connectivity index (χ4v) is 1.61.